The van der Waals surface area contributed by atoms with Gasteiger partial charge in [0.2, 0.25) is 11.8 Å². The second kappa shape index (κ2) is 9.82. The summed E-state index contributed by atoms with van der Waals surface area (Å²) in [6.07, 6.45) is 2.57. The number of carbonyl (C=O) groups excluding carboxylic acids is 1. The van der Waals surface area contributed by atoms with Gasteiger partial charge in [-0.1, -0.05) is 25.1 Å². The number of aromatic nitrogens is 3. The maximum absolute atomic E-state index is 12.5. The van der Waals surface area contributed by atoms with E-state index in [0.29, 0.717) is 29.3 Å². The lowest BCUT2D eigenvalue weighted by Gasteiger charge is -2.12. The first-order valence-corrected chi connectivity index (χ1v) is 10.4. The molecule has 0 unspecified atom stereocenters. The topological polar surface area (TPSA) is 98.2 Å². The van der Waals surface area contributed by atoms with E-state index in [-0.39, 0.29) is 24.7 Å². The second-order valence-electron chi connectivity index (χ2n) is 7.20. The van der Waals surface area contributed by atoms with Crippen LogP contribution in [0, 0.1) is 0 Å². The van der Waals surface area contributed by atoms with Crippen LogP contribution in [0.2, 0.25) is 0 Å². The quantitative estimate of drug-likeness (QED) is 0.421. The van der Waals surface area contributed by atoms with E-state index < -0.39 is 0 Å². The van der Waals surface area contributed by atoms with E-state index in [0.717, 1.165) is 17.7 Å². The van der Waals surface area contributed by atoms with Crippen LogP contribution < -0.4 is 20.5 Å². The first-order chi connectivity index (χ1) is 15.6. The number of carbonyl (C=O) groups is 1. The van der Waals surface area contributed by atoms with Crippen molar-refractivity contribution in [3.8, 4) is 17.4 Å². The number of nitrogens with one attached hydrogen (secondary N) is 2. The molecular formula is C24H24N4O4. The summed E-state index contributed by atoms with van der Waals surface area (Å²) in [6, 6.07) is 18.2. The molecule has 0 aliphatic carbocycles. The first-order valence-electron chi connectivity index (χ1n) is 10.4. The molecule has 2 N–H and O–H groups in total. The molecule has 1 amide bonds. The summed E-state index contributed by atoms with van der Waals surface area (Å²) in [6.45, 7) is 2.85. The van der Waals surface area contributed by atoms with Gasteiger partial charge in [-0.15, -0.1) is 0 Å². The van der Waals surface area contributed by atoms with Crippen molar-refractivity contribution in [3.63, 3.8) is 0 Å². The summed E-state index contributed by atoms with van der Waals surface area (Å²) in [5.41, 5.74) is 1.78. The summed E-state index contributed by atoms with van der Waals surface area (Å²) in [5, 5.41) is 2.84. The van der Waals surface area contributed by atoms with Gasteiger partial charge < -0.3 is 19.8 Å². The van der Waals surface area contributed by atoms with Gasteiger partial charge in [0.1, 0.15) is 18.0 Å². The predicted molar refractivity (Wildman–Crippen MR) is 121 cm³/mol. The number of aromatic amines is 1. The van der Waals surface area contributed by atoms with Crippen molar-refractivity contribution >= 4 is 16.9 Å². The standard InChI is InChI=1S/C24H24N4O4/c1-2-14-31-18-9-11-19(12-10-18)32-23-17(6-5-13-25-23)15-26-22(29)16-28-21-8-4-3-7-20(21)27-24(28)30/h3-13H,2,14-16H2,1H3,(H,26,29)(H,27,30). The normalized spacial score (nSPS) is 10.8. The van der Waals surface area contributed by atoms with Crippen molar-refractivity contribution in [1.29, 1.82) is 0 Å². The van der Waals surface area contributed by atoms with Gasteiger partial charge in [-0.25, -0.2) is 9.78 Å². The van der Waals surface area contributed by atoms with Crippen molar-refractivity contribution in [2.75, 3.05) is 6.61 Å². The molecule has 0 saturated carbocycles. The number of rotatable bonds is 9. The monoisotopic (exact) mass is 432 g/mol. The van der Waals surface area contributed by atoms with Crippen LogP contribution in [0.3, 0.4) is 0 Å². The number of nitrogens with zero attached hydrogens (tertiary/aromatic N) is 2. The van der Waals surface area contributed by atoms with E-state index in [1.807, 2.05) is 42.5 Å². The molecule has 164 valence electrons. The summed E-state index contributed by atoms with van der Waals surface area (Å²) in [5.74, 6) is 1.51. The number of benzene rings is 2. The molecule has 32 heavy (non-hydrogen) atoms. The highest BCUT2D eigenvalue weighted by atomic mass is 16.5. The fourth-order valence-corrected chi connectivity index (χ4v) is 3.24. The summed E-state index contributed by atoms with van der Waals surface area (Å²) in [7, 11) is 0. The third kappa shape index (κ3) is 4.97. The Bertz CT molecular complexity index is 1260. The van der Waals surface area contributed by atoms with E-state index in [4.69, 9.17) is 9.47 Å². The Kier molecular flexibility index (Phi) is 6.50. The summed E-state index contributed by atoms with van der Waals surface area (Å²) >= 11 is 0. The number of H-pyrrole nitrogens is 1. The molecule has 0 radical (unpaired) electrons. The van der Waals surface area contributed by atoms with Gasteiger partial charge in [0.25, 0.3) is 0 Å². The van der Waals surface area contributed by atoms with Gasteiger partial charge in [-0.3, -0.25) is 9.36 Å². The minimum Gasteiger partial charge on any atom is -0.494 e. The number of fused-ring (bicyclic) bond motifs is 1. The zero-order valence-electron chi connectivity index (χ0n) is 17.7. The SMILES string of the molecule is CCCOc1ccc(Oc2ncccc2CNC(=O)Cn2c(=O)[nH]c3ccccc32)cc1. The Hall–Kier alpha value is -4.07. The highest BCUT2D eigenvalue weighted by Gasteiger charge is 2.12. The number of para-hydroxylation sites is 2. The Morgan fingerprint density at radius 3 is 2.66 bits per heavy atom. The number of hydrogen-bond acceptors (Lipinski definition) is 5. The molecule has 2 heterocycles. The van der Waals surface area contributed by atoms with Gasteiger partial charge >= 0.3 is 5.69 Å². The number of amides is 1. The van der Waals surface area contributed by atoms with Gasteiger partial charge in [0, 0.05) is 18.3 Å². The molecular weight excluding hydrogens is 408 g/mol. The van der Waals surface area contributed by atoms with Gasteiger partial charge in [0.15, 0.2) is 0 Å². The molecule has 4 aromatic rings. The van der Waals surface area contributed by atoms with Crippen LogP contribution in [0.15, 0.2) is 71.7 Å². The lowest BCUT2D eigenvalue weighted by Crippen LogP contribution is -2.31. The zero-order valence-corrected chi connectivity index (χ0v) is 17.7. The van der Waals surface area contributed by atoms with Crippen molar-refractivity contribution in [2.24, 2.45) is 0 Å². The lowest BCUT2D eigenvalue weighted by molar-refractivity contribution is -0.121. The molecule has 8 nitrogen and oxygen atoms in total. The van der Waals surface area contributed by atoms with Crippen LogP contribution in [0.5, 0.6) is 17.4 Å². The molecule has 0 saturated heterocycles. The third-order valence-electron chi connectivity index (χ3n) is 4.82. The number of pyridine rings is 1. The molecule has 2 aromatic carbocycles. The minimum atomic E-state index is -0.321. The molecule has 0 spiro atoms. The molecule has 4 rings (SSSR count). The van der Waals surface area contributed by atoms with Crippen LogP contribution in [-0.2, 0) is 17.9 Å². The number of imidazole rings is 1. The highest BCUT2D eigenvalue weighted by molar-refractivity contribution is 5.80. The average Bonchev–Trinajstić information content (AvgIpc) is 3.13. The molecule has 0 atom stereocenters. The Morgan fingerprint density at radius 2 is 1.84 bits per heavy atom. The highest BCUT2D eigenvalue weighted by Crippen LogP contribution is 2.25. The molecule has 2 aromatic heterocycles. The third-order valence-corrected chi connectivity index (χ3v) is 4.82. The molecule has 8 heteroatoms. The van der Waals surface area contributed by atoms with Crippen molar-refractivity contribution in [1.82, 2.24) is 19.9 Å². The van der Waals surface area contributed by atoms with E-state index in [9.17, 15) is 9.59 Å². The number of ether oxygens (including phenoxy) is 2. The smallest absolute Gasteiger partial charge is 0.326 e. The van der Waals surface area contributed by atoms with Crippen LogP contribution in [0.1, 0.15) is 18.9 Å². The van der Waals surface area contributed by atoms with Crippen LogP contribution in [0.25, 0.3) is 11.0 Å². The first kappa shape index (κ1) is 21.2. The Labute approximate surface area is 184 Å². The van der Waals surface area contributed by atoms with Crippen LogP contribution in [-0.4, -0.2) is 27.0 Å². The Balaban J connectivity index is 1.40. The number of hydrogen-bond donors (Lipinski definition) is 2. The minimum absolute atomic E-state index is 0.0848. The van der Waals surface area contributed by atoms with E-state index in [2.05, 4.69) is 22.2 Å². The van der Waals surface area contributed by atoms with E-state index in [1.165, 1.54) is 4.57 Å². The van der Waals surface area contributed by atoms with Gasteiger partial charge in [-0.2, -0.15) is 0 Å². The van der Waals surface area contributed by atoms with Crippen molar-refractivity contribution in [2.45, 2.75) is 26.4 Å². The van der Waals surface area contributed by atoms with Crippen molar-refractivity contribution < 1.29 is 14.3 Å². The van der Waals surface area contributed by atoms with Gasteiger partial charge in [-0.05, 0) is 48.9 Å². The fourth-order valence-electron chi connectivity index (χ4n) is 3.24. The fraction of sp³-hybridized carbons (Fsp3) is 0.208. The molecule has 0 aliphatic heterocycles. The van der Waals surface area contributed by atoms with Crippen LogP contribution >= 0.6 is 0 Å². The Morgan fingerprint density at radius 1 is 1.06 bits per heavy atom. The largest absolute Gasteiger partial charge is 0.494 e. The molecule has 0 aliphatic rings. The summed E-state index contributed by atoms with van der Waals surface area (Å²) in [4.78, 5) is 31.7. The zero-order chi connectivity index (χ0) is 22.3. The van der Waals surface area contributed by atoms with Crippen LogP contribution in [0.4, 0.5) is 0 Å². The van der Waals surface area contributed by atoms with E-state index >= 15 is 0 Å². The molecule has 0 bridgehead atoms. The molecule has 0 fully saturated rings. The summed E-state index contributed by atoms with van der Waals surface area (Å²) < 4.78 is 12.9. The van der Waals surface area contributed by atoms with Crippen molar-refractivity contribution in [3.05, 3.63) is 82.9 Å². The predicted octanol–water partition coefficient (Wildman–Crippen LogP) is 3.62. The average molecular weight is 432 g/mol. The maximum Gasteiger partial charge on any atom is 0.326 e. The lowest BCUT2D eigenvalue weighted by atomic mass is 10.2. The maximum atomic E-state index is 12.5. The van der Waals surface area contributed by atoms with E-state index in [1.54, 1.807) is 24.4 Å². The van der Waals surface area contributed by atoms with Gasteiger partial charge in [0.05, 0.1) is 17.6 Å². The second-order valence-corrected chi connectivity index (χ2v) is 7.20.